The molecule has 0 aromatic carbocycles. The zero-order valence-electron chi connectivity index (χ0n) is 17.0. The molecule has 1 aromatic heterocycles. The lowest BCUT2D eigenvalue weighted by molar-refractivity contribution is 0.0745. The molecule has 2 aliphatic rings. The number of furan rings is 1. The minimum absolute atomic E-state index is 0.0860. The van der Waals surface area contributed by atoms with E-state index in [1.54, 1.807) is 30.9 Å². The number of amides is 1. The molecular formula is C21H31N3O4. The van der Waals surface area contributed by atoms with Crippen molar-refractivity contribution in [1.29, 1.82) is 0 Å². The van der Waals surface area contributed by atoms with Crippen molar-refractivity contribution in [3.8, 4) is 11.8 Å². The number of aliphatic hydroxyl groups excluding tert-OH is 1. The second-order valence-electron chi connectivity index (χ2n) is 8.49. The molecule has 2 fully saturated rings. The van der Waals surface area contributed by atoms with Crippen molar-refractivity contribution in [2.24, 2.45) is 11.8 Å². The number of aliphatic hydroxyl groups is 2. The van der Waals surface area contributed by atoms with Gasteiger partial charge in [-0.1, -0.05) is 5.92 Å². The van der Waals surface area contributed by atoms with Gasteiger partial charge in [0.25, 0.3) is 5.91 Å². The number of rotatable bonds is 4. The van der Waals surface area contributed by atoms with Gasteiger partial charge < -0.3 is 29.3 Å². The van der Waals surface area contributed by atoms with Crippen molar-refractivity contribution in [2.75, 3.05) is 59.5 Å². The molecule has 0 spiro atoms. The summed E-state index contributed by atoms with van der Waals surface area (Å²) in [6.07, 6.45) is 0. The molecule has 2 unspecified atom stereocenters. The van der Waals surface area contributed by atoms with Crippen molar-refractivity contribution in [2.45, 2.75) is 19.4 Å². The smallest absolute Gasteiger partial charge is 0.289 e. The van der Waals surface area contributed by atoms with E-state index in [2.05, 4.69) is 28.7 Å². The Labute approximate surface area is 166 Å². The van der Waals surface area contributed by atoms with Gasteiger partial charge in [0, 0.05) is 58.3 Å². The van der Waals surface area contributed by atoms with E-state index in [1.165, 1.54) is 0 Å². The Bertz CT molecular complexity index is 735. The van der Waals surface area contributed by atoms with Gasteiger partial charge in [0.15, 0.2) is 11.5 Å². The van der Waals surface area contributed by atoms with E-state index < -0.39 is 5.60 Å². The summed E-state index contributed by atoms with van der Waals surface area (Å²) in [6, 6.07) is 3.27. The van der Waals surface area contributed by atoms with Crippen LogP contribution in [-0.2, 0) is 0 Å². The van der Waals surface area contributed by atoms with Crippen LogP contribution in [0.15, 0.2) is 16.5 Å². The Balaban J connectivity index is 1.61. The van der Waals surface area contributed by atoms with E-state index in [4.69, 9.17) is 4.42 Å². The van der Waals surface area contributed by atoms with Crippen LogP contribution in [0.4, 0.5) is 0 Å². The summed E-state index contributed by atoms with van der Waals surface area (Å²) in [5.74, 6) is 6.22. The van der Waals surface area contributed by atoms with Crippen LogP contribution < -0.4 is 0 Å². The second-order valence-corrected chi connectivity index (χ2v) is 8.49. The molecule has 0 bridgehead atoms. The van der Waals surface area contributed by atoms with E-state index in [0.29, 0.717) is 18.8 Å². The Morgan fingerprint density at radius 2 is 1.89 bits per heavy atom. The van der Waals surface area contributed by atoms with Crippen molar-refractivity contribution in [1.82, 2.24) is 14.7 Å². The predicted octanol–water partition coefficient (Wildman–Crippen LogP) is 0.330. The predicted molar refractivity (Wildman–Crippen MR) is 106 cm³/mol. The minimum Gasteiger partial charge on any atom is -0.443 e. The molecule has 2 N–H and O–H groups in total. The highest BCUT2D eigenvalue weighted by molar-refractivity contribution is 5.91. The fourth-order valence-corrected chi connectivity index (χ4v) is 3.77. The van der Waals surface area contributed by atoms with E-state index in [-0.39, 0.29) is 30.1 Å². The maximum absolute atomic E-state index is 12.8. The summed E-state index contributed by atoms with van der Waals surface area (Å²) in [7, 11) is 2.13. The van der Waals surface area contributed by atoms with E-state index in [0.717, 1.165) is 32.7 Å². The van der Waals surface area contributed by atoms with Gasteiger partial charge in [-0.15, -0.1) is 0 Å². The Morgan fingerprint density at radius 1 is 1.21 bits per heavy atom. The summed E-state index contributed by atoms with van der Waals surface area (Å²) < 4.78 is 5.56. The van der Waals surface area contributed by atoms with Crippen LogP contribution in [0.2, 0.25) is 0 Å². The standard InChI is InChI=1S/C21H31N3O4/c1-21(2,27)7-6-18-4-5-19(28-18)20(26)24-13-16(17(14-24)15-25)12-23-10-8-22(3)9-11-23/h4-5,16-17,25,27H,8-15H2,1-3H3. The molecule has 0 radical (unpaired) electrons. The summed E-state index contributed by atoms with van der Waals surface area (Å²) in [6.45, 7) is 9.51. The van der Waals surface area contributed by atoms with E-state index >= 15 is 0 Å². The number of hydrogen-bond donors (Lipinski definition) is 2. The first-order chi connectivity index (χ1) is 13.2. The van der Waals surface area contributed by atoms with Crippen molar-refractivity contribution >= 4 is 5.91 Å². The van der Waals surface area contributed by atoms with Crippen LogP contribution in [0.1, 0.15) is 30.2 Å². The molecule has 3 heterocycles. The third-order valence-electron chi connectivity index (χ3n) is 5.50. The first-order valence-electron chi connectivity index (χ1n) is 9.91. The normalized spacial score (nSPS) is 24.2. The fraction of sp³-hybridized carbons (Fsp3) is 0.667. The van der Waals surface area contributed by atoms with Crippen molar-refractivity contribution < 1.29 is 19.4 Å². The molecule has 1 amide bonds. The highest BCUT2D eigenvalue weighted by atomic mass is 16.4. The maximum atomic E-state index is 12.8. The molecule has 2 atom stereocenters. The molecule has 2 saturated heterocycles. The Morgan fingerprint density at radius 3 is 2.54 bits per heavy atom. The highest BCUT2D eigenvalue weighted by Crippen LogP contribution is 2.26. The summed E-state index contributed by atoms with van der Waals surface area (Å²) in [5, 5.41) is 19.5. The quantitative estimate of drug-likeness (QED) is 0.723. The van der Waals surface area contributed by atoms with Gasteiger partial charge in [0.05, 0.1) is 0 Å². The number of nitrogens with zero attached hydrogens (tertiary/aromatic N) is 3. The average Bonchev–Trinajstić information content (AvgIpc) is 3.28. The van der Waals surface area contributed by atoms with Crippen LogP contribution in [-0.4, -0.2) is 95.9 Å². The second kappa shape index (κ2) is 8.66. The summed E-state index contributed by atoms with van der Waals surface area (Å²) in [4.78, 5) is 19.4. The third-order valence-corrected chi connectivity index (χ3v) is 5.50. The summed E-state index contributed by atoms with van der Waals surface area (Å²) in [5.41, 5.74) is -1.11. The zero-order chi connectivity index (χ0) is 20.3. The molecule has 7 nitrogen and oxygen atoms in total. The third kappa shape index (κ3) is 5.36. The van der Waals surface area contributed by atoms with Crippen LogP contribution in [0, 0.1) is 23.7 Å². The topological polar surface area (TPSA) is 80.4 Å². The first-order valence-corrected chi connectivity index (χ1v) is 9.91. The van der Waals surface area contributed by atoms with Crippen LogP contribution in [0.5, 0.6) is 0 Å². The largest absolute Gasteiger partial charge is 0.443 e. The maximum Gasteiger partial charge on any atom is 0.289 e. The zero-order valence-corrected chi connectivity index (χ0v) is 17.0. The van der Waals surface area contributed by atoms with Gasteiger partial charge in [-0.2, -0.15) is 0 Å². The number of hydrogen-bond acceptors (Lipinski definition) is 6. The lowest BCUT2D eigenvalue weighted by atomic mass is 9.96. The molecule has 2 aliphatic heterocycles. The molecule has 0 aliphatic carbocycles. The van der Waals surface area contributed by atoms with Crippen LogP contribution in [0.25, 0.3) is 0 Å². The van der Waals surface area contributed by atoms with E-state index in [9.17, 15) is 15.0 Å². The minimum atomic E-state index is -1.11. The lowest BCUT2D eigenvalue weighted by Crippen LogP contribution is -2.47. The van der Waals surface area contributed by atoms with Gasteiger partial charge in [-0.05, 0) is 44.9 Å². The number of piperazine rings is 1. The number of carbonyl (C=O) groups excluding carboxylic acids is 1. The van der Waals surface area contributed by atoms with Gasteiger partial charge >= 0.3 is 0 Å². The van der Waals surface area contributed by atoms with Crippen molar-refractivity contribution in [3.05, 3.63) is 23.7 Å². The lowest BCUT2D eigenvalue weighted by Gasteiger charge is -2.34. The molecular weight excluding hydrogens is 358 g/mol. The van der Waals surface area contributed by atoms with Crippen LogP contribution in [0.3, 0.4) is 0 Å². The molecule has 3 rings (SSSR count). The molecule has 0 saturated carbocycles. The van der Waals surface area contributed by atoms with Gasteiger partial charge in [0.2, 0.25) is 0 Å². The van der Waals surface area contributed by atoms with Gasteiger partial charge in [-0.3, -0.25) is 4.79 Å². The summed E-state index contributed by atoms with van der Waals surface area (Å²) >= 11 is 0. The van der Waals surface area contributed by atoms with Crippen LogP contribution >= 0.6 is 0 Å². The molecule has 28 heavy (non-hydrogen) atoms. The molecule has 1 aromatic rings. The number of likely N-dealkylation sites (tertiary alicyclic amines) is 1. The highest BCUT2D eigenvalue weighted by Gasteiger charge is 2.37. The molecule has 154 valence electrons. The van der Waals surface area contributed by atoms with Gasteiger partial charge in [-0.25, -0.2) is 0 Å². The molecule has 7 heteroatoms. The SMILES string of the molecule is CN1CCN(CC2CN(C(=O)c3ccc(C#CC(C)(C)O)o3)CC2CO)CC1. The van der Waals surface area contributed by atoms with Crippen molar-refractivity contribution in [3.63, 3.8) is 0 Å². The monoisotopic (exact) mass is 389 g/mol. The number of carbonyl (C=O) groups is 1. The fourth-order valence-electron chi connectivity index (χ4n) is 3.77. The van der Waals surface area contributed by atoms with Gasteiger partial charge in [0.1, 0.15) is 5.60 Å². The average molecular weight is 389 g/mol. The Kier molecular flexibility index (Phi) is 6.46. The van der Waals surface area contributed by atoms with E-state index in [1.807, 2.05) is 0 Å². The first kappa shape index (κ1) is 20.9. The Hall–Kier alpha value is -1.85. The number of likely N-dealkylation sites (N-methyl/N-ethyl adjacent to an activating group) is 1.